The van der Waals surface area contributed by atoms with Gasteiger partial charge in [0.1, 0.15) is 0 Å². The minimum absolute atomic E-state index is 0.128. The van der Waals surface area contributed by atoms with Crippen molar-refractivity contribution < 1.29 is 13.2 Å². The van der Waals surface area contributed by atoms with Crippen molar-refractivity contribution in [2.45, 2.75) is 36.2 Å². The van der Waals surface area contributed by atoms with Crippen molar-refractivity contribution >= 4 is 33.4 Å². The molecule has 2 aromatic carbocycles. The standard InChI is InChI=1S/C23H27N5O3S2/c1-17-9-11-18(12-10-17)22-25-26-23(27(22)2)32-16-21(29)24-19-7-6-8-20(15-19)33(30,31)28-13-4-3-5-14-28/h6-12,15H,3-5,13-14,16H2,1-2H3,(H,24,29). The van der Waals surface area contributed by atoms with E-state index in [1.807, 2.05) is 42.8 Å². The van der Waals surface area contributed by atoms with Crippen molar-refractivity contribution in [3.63, 3.8) is 0 Å². The van der Waals surface area contributed by atoms with E-state index in [1.54, 1.807) is 18.2 Å². The summed E-state index contributed by atoms with van der Waals surface area (Å²) in [6.45, 7) is 3.11. The number of thioether (sulfide) groups is 1. The molecular weight excluding hydrogens is 458 g/mol. The first-order valence-electron chi connectivity index (χ1n) is 10.8. The number of hydrogen-bond donors (Lipinski definition) is 1. The van der Waals surface area contributed by atoms with Gasteiger partial charge in [-0.1, -0.05) is 54.1 Å². The molecule has 3 aromatic rings. The second-order valence-corrected chi connectivity index (χ2v) is 10.9. The lowest BCUT2D eigenvalue weighted by Crippen LogP contribution is -2.35. The molecule has 174 valence electrons. The molecule has 4 rings (SSSR count). The summed E-state index contributed by atoms with van der Waals surface area (Å²) in [7, 11) is -1.69. The summed E-state index contributed by atoms with van der Waals surface area (Å²) in [6.07, 6.45) is 2.80. The van der Waals surface area contributed by atoms with E-state index in [2.05, 4.69) is 15.5 Å². The number of hydrogen-bond acceptors (Lipinski definition) is 6. The summed E-state index contributed by atoms with van der Waals surface area (Å²) < 4.78 is 29.2. The third-order valence-electron chi connectivity index (χ3n) is 5.55. The lowest BCUT2D eigenvalue weighted by molar-refractivity contribution is -0.113. The van der Waals surface area contributed by atoms with Crippen LogP contribution in [0, 0.1) is 6.92 Å². The van der Waals surface area contributed by atoms with Gasteiger partial charge in [0.15, 0.2) is 11.0 Å². The summed E-state index contributed by atoms with van der Waals surface area (Å²) in [5, 5.41) is 11.9. The van der Waals surface area contributed by atoms with E-state index < -0.39 is 10.0 Å². The van der Waals surface area contributed by atoms with Gasteiger partial charge in [-0.3, -0.25) is 4.79 Å². The quantitative estimate of drug-likeness (QED) is 0.513. The number of sulfonamides is 1. The van der Waals surface area contributed by atoms with Gasteiger partial charge in [0.25, 0.3) is 0 Å². The average Bonchev–Trinajstić information content (AvgIpc) is 3.19. The van der Waals surface area contributed by atoms with Crippen molar-refractivity contribution in [3.8, 4) is 11.4 Å². The number of amides is 1. The van der Waals surface area contributed by atoms with Crippen LogP contribution in [0.5, 0.6) is 0 Å². The third kappa shape index (κ3) is 5.45. The van der Waals surface area contributed by atoms with E-state index >= 15 is 0 Å². The number of rotatable bonds is 7. The normalized spacial score (nSPS) is 14.8. The highest BCUT2D eigenvalue weighted by Gasteiger charge is 2.26. The first-order valence-corrected chi connectivity index (χ1v) is 13.3. The molecule has 1 aliphatic rings. The number of anilines is 1. The molecule has 1 N–H and O–H groups in total. The van der Waals surface area contributed by atoms with Gasteiger partial charge < -0.3 is 9.88 Å². The molecule has 33 heavy (non-hydrogen) atoms. The van der Waals surface area contributed by atoms with Crippen molar-refractivity contribution in [1.82, 2.24) is 19.1 Å². The number of nitrogens with one attached hydrogen (secondary N) is 1. The van der Waals surface area contributed by atoms with Crippen LogP contribution in [0.2, 0.25) is 0 Å². The Balaban J connectivity index is 1.39. The molecule has 0 unspecified atom stereocenters. The van der Waals surface area contributed by atoms with Crippen LogP contribution in [0.3, 0.4) is 0 Å². The summed E-state index contributed by atoms with van der Waals surface area (Å²) >= 11 is 1.28. The van der Waals surface area contributed by atoms with Crippen molar-refractivity contribution in [2.24, 2.45) is 7.05 Å². The lowest BCUT2D eigenvalue weighted by atomic mass is 10.1. The smallest absolute Gasteiger partial charge is 0.243 e. The Kier molecular flexibility index (Phi) is 7.16. The van der Waals surface area contributed by atoms with Crippen molar-refractivity contribution in [2.75, 3.05) is 24.2 Å². The zero-order valence-corrected chi connectivity index (χ0v) is 20.3. The number of piperidine rings is 1. The molecule has 0 atom stereocenters. The maximum atomic E-state index is 12.9. The van der Waals surface area contributed by atoms with Crippen LogP contribution in [0.15, 0.2) is 58.6 Å². The van der Waals surface area contributed by atoms with Gasteiger partial charge in [-0.2, -0.15) is 4.31 Å². The molecule has 8 nitrogen and oxygen atoms in total. The molecule has 0 saturated carbocycles. The van der Waals surface area contributed by atoms with Crippen LogP contribution in [0.25, 0.3) is 11.4 Å². The maximum absolute atomic E-state index is 12.9. The van der Waals surface area contributed by atoms with Crippen LogP contribution >= 0.6 is 11.8 Å². The molecule has 1 saturated heterocycles. The molecule has 2 heterocycles. The number of aryl methyl sites for hydroxylation is 1. The Hall–Kier alpha value is -2.69. The number of nitrogens with zero attached hydrogens (tertiary/aromatic N) is 4. The number of carbonyl (C=O) groups is 1. The predicted molar refractivity (Wildman–Crippen MR) is 130 cm³/mol. The van der Waals surface area contributed by atoms with Gasteiger partial charge in [0.05, 0.1) is 10.6 Å². The summed E-state index contributed by atoms with van der Waals surface area (Å²) in [5.74, 6) is 0.615. The highest BCUT2D eigenvalue weighted by Crippen LogP contribution is 2.25. The molecular formula is C23H27N5O3S2. The topological polar surface area (TPSA) is 97.2 Å². The molecule has 0 aliphatic carbocycles. The van der Waals surface area contributed by atoms with E-state index in [-0.39, 0.29) is 16.6 Å². The van der Waals surface area contributed by atoms with Gasteiger partial charge in [-0.05, 0) is 38.0 Å². The Bertz CT molecular complexity index is 1230. The fourth-order valence-electron chi connectivity index (χ4n) is 3.71. The third-order valence-corrected chi connectivity index (χ3v) is 8.46. The largest absolute Gasteiger partial charge is 0.325 e. The SMILES string of the molecule is Cc1ccc(-c2nnc(SCC(=O)Nc3cccc(S(=O)(=O)N4CCCCC4)c3)n2C)cc1. The minimum atomic E-state index is -3.55. The van der Waals surface area contributed by atoms with Gasteiger partial charge in [0, 0.05) is 31.4 Å². The lowest BCUT2D eigenvalue weighted by Gasteiger charge is -2.26. The van der Waals surface area contributed by atoms with Crippen LogP contribution < -0.4 is 5.32 Å². The molecule has 1 amide bonds. The summed E-state index contributed by atoms with van der Waals surface area (Å²) in [4.78, 5) is 12.7. The Morgan fingerprint density at radius 3 is 2.52 bits per heavy atom. The maximum Gasteiger partial charge on any atom is 0.243 e. The number of benzene rings is 2. The minimum Gasteiger partial charge on any atom is -0.325 e. The van der Waals surface area contributed by atoms with Gasteiger partial charge in [0.2, 0.25) is 15.9 Å². The van der Waals surface area contributed by atoms with E-state index in [1.165, 1.54) is 27.7 Å². The van der Waals surface area contributed by atoms with Crippen molar-refractivity contribution in [3.05, 3.63) is 54.1 Å². The Morgan fingerprint density at radius 1 is 1.06 bits per heavy atom. The molecule has 1 aromatic heterocycles. The van der Waals surface area contributed by atoms with E-state index in [0.717, 1.165) is 30.7 Å². The molecule has 1 fully saturated rings. The Morgan fingerprint density at radius 2 is 1.79 bits per heavy atom. The molecule has 0 bridgehead atoms. The second-order valence-electron chi connectivity index (χ2n) is 8.06. The summed E-state index contributed by atoms with van der Waals surface area (Å²) in [5.41, 5.74) is 2.58. The molecule has 1 aliphatic heterocycles. The van der Waals surface area contributed by atoms with Crippen molar-refractivity contribution in [1.29, 1.82) is 0 Å². The van der Waals surface area contributed by atoms with Crippen LogP contribution in [-0.4, -0.2) is 52.2 Å². The number of aromatic nitrogens is 3. The van der Waals surface area contributed by atoms with Gasteiger partial charge in [-0.25, -0.2) is 8.42 Å². The first kappa shape index (κ1) is 23.5. The van der Waals surface area contributed by atoms with Crippen LogP contribution in [-0.2, 0) is 21.9 Å². The monoisotopic (exact) mass is 485 g/mol. The zero-order chi connectivity index (χ0) is 23.4. The van der Waals surface area contributed by atoms with Crippen LogP contribution in [0.1, 0.15) is 24.8 Å². The fourth-order valence-corrected chi connectivity index (χ4v) is 5.98. The van der Waals surface area contributed by atoms with E-state index in [0.29, 0.717) is 23.9 Å². The fraction of sp³-hybridized carbons (Fsp3) is 0.348. The zero-order valence-electron chi connectivity index (χ0n) is 18.7. The highest BCUT2D eigenvalue weighted by atomic mass is 32.2. The molecule has 0 spiro atoms. The number of carbonyl (C=O) groups excluding carboxylic acids is 1. The first-order chi connectivity index (χ1) is 15.8. The van der Waals surface area contributed by atoms with Gasteiger partial charge >= 0.3 is 0 Å². The van der Waals surface area contributed by atoms with Gasteiger partial charge in [-0.15, -0.1) is 10.2 Å². The second kappa shape index (κ2) is 10.1. The molecule has 10 heteroatoms. The Labute approximate surface area is 198 Å². The predicted octanol–water partition coefficient (Wildman–Crippen LogP) is 3.70. The van der Waals surface area contributed by atoms with E-state index in [9.17, 15) is 13.2 Å². The average molecular weight is 486 g/mol. The summed E-state index contributed by atoms with van der Waals surface area (Å²) in [6, 6.07) is 14.4. The molecule has 0 radical (unpaired) electrons. The van der Waals surface area contributed by atoms with E-state index in [4.69, 9.17) is 0 Å². The van der Waals surface area contributed by atoms with Crippen LogP contribution in [0.4, 0.5) is 5.69 Å². The highest BCUT2D eigenvalue weighted by molar-refractivity contribution is 7.99.